The highest BCUT2D eigenvalue weighted by molar-refractivity contribution is 6.20. The Kier molecular flexibility index (Phi) is 3.45. The second-order valence-corrected chi connectivity index (χ2v) is 4.79. The van der Waals surface area contributed by atoms with Crippen molar-refractivity contribution in [3.63, 3.8) is 0 Å². The molecule has 1 aliphatic carbocycles. The number of hydrogen-bond acceptors (Lipinski definition) is 3. The van der Waals surface area contributed by atoms with E-state index in [2.05, 4.69) is 5.10 Å². The summed E-state index contributed by atoms with van der Waals surface area (Å²) < 4.78 is 1.83. The first kappa shape index (κ1) is 12.7. The highest BCUT2D eigenvalue weighted by atomic mass is 16.1. The van der Waals surface area contributed by atoms with Crippen molar-refractivity contribution in [3.05, 3.63) is 29.1 Å². The van der Waals surface area contributed by atoms with Crippen molar-refractivity contribution in [1.82, 2.24) is 9.78 Å². The Balaban J connectivity index is 2.22. The van der Waals surface area contributed by atoms with Gasteiger partial charge >= 0.3 is 0 Å². The maximum atomic E-state index is 12.0. The van der Waals surface area contributed by atoms with Crippen LogP contribution in [0.5, 0.6) is 0 Å². The molecule has 1 aromatic rings. The van der Waals surface area contributed by atoms with Crippen molar-refractivity contribution in [2.45, 2.75) is 39.0 Å². The molecule has 0 N–H and O–H groups in total. The first-order valence-electron chi connectivity index (χ1n) is 6.30. The fraction of sp³-hybridized carbons (Fsp3) is 0.500. The second kappa shape index (κ2) is 4.88. The lowest BCUT2D eigenvalue weighted by Gasteiger charge is -2.20. The number of rotatable bonds is 3. The third kappa shape index (κ3) is 2.28. The fourth-order valence-corrected chi connectivity index (χ4v) is 2.49. The topological polar surface area (TPSA) is 52.0 Å². The van der Waals surface area contributed by atoms with Gasteiger partial charge in [-0.05, 0) is 19.4 Å². The van der Waals surface area contributed by atoms with Crippen molar-refractivity contribution < 1.29 is 9.59 Å². The number of Topliss-reactive ketones (excluding diaryl/α,β-unsaturated/α-hetero) is 2. The molecular formula is C14H18N2O2. The maximum Gasteiger partial charge on any atom is 0.166 e. The quantitative estimate of drug-likeness (QED) is 0.767. The van der Waals surface area contributed by atoms with Crippen molar-refractivity contribution in [2.75, 3.05) is 0 Å². The molecule has 4 heteroatoms. The molecular weight excluding hydrogens is 228 g/mol. The van der Waals surface area contributed by atoms with E-state index in [1.807, 2.05) is 24.7 Å². The fourth-order valence-electron chi connectivity index (χ4n) is 2.49. The van der Waals surface area contributed by atoms with E-state index in [1.165, 1.54) is 0 Å². The zero-order valence-electron chi connectivity index (χ0n) is 11.1. The highest BCUT2D eigenvalue weighted by Crippen LogP contribution is 2.30. The number of aromatic nitrogens is 2. The lowest BCUT2D eigenvalue weighted by Crippen LogP contribution is -2.21. The molecule has 0 amide bonds. The zero-order valence-corrected chi connectivity index (χ0v) is 11.1. The van der Waals surface area contributed by atoms with E-state index >= 15 is 0 Å². The van der Waals surface area contributed by atoms with Gasteiger partial charge in [0.25, 0.3) is 0 Å². The van der Waals surface area contributed by atoms with Crippen molar-refractivity contribution in [3.8, 4) is 0 Å². The van der Waals surface area contributed by atoms with Gasteiger partial charge in [-0.15, -0.1) is 0 Å². The van der Waals surface area contributed by atoms with Crippen molar-refractivity contribution >= 4 is 11.6 Å². The number of nitrogens with zero attached hydrogens (tertiary/aromatic N) is 2. The van der Waals surface area contributed by atoms with Crippen LogP contribution >= 0.6 is 0 Å². The molecule has 1 heterocycles. The Morgan fingerprint density at radius 1 is 1.56 bits per heavy atom. The van der Waals surface area contributed by atoms with Crippen LogP contribution in [0.1, 0.15) is 43.5 Å². The van der Waals surface area contributed by atoms with Gasteiger partial charge in [0.15, 0.2) is 11.6 Å². The molecule has 0 radical (unpaired) electrons. The van der Waals surface area contributed by atoms with E-state index in [1.54, 1.807) is 13.0 Å². The number of aryl methyl sites for hydroxylation is 2. The third-order valence-corrected chi connectivity index (χ3v) is 3.42. The van der Waals surface area contributed by atoms with Crippen LogP contribution in [0, 0.1) is 6.92 Å². The normalized spacial score (nSPS) is 19.8. The molecule has 0 saturated heterocycles. The van der Waals surface area contributed by atoms with Crippen LogP contribution in [-0.4, -0.2) is 21.3 Å². The molecule has 1 aliphatic rings. The van der Waals surface area contributed by atoms with Gasteiger partial charge in [0, 0.05) is 31.5 Å². The zero-order chi connectivity index (χ0) is 13.3. The second-order valence-electron chi connectivity index (χ2n) is 4.79. The first-order chi connectivity index (χ1) is 8.52. The smallest absolute Gasteiger partial charge is 0.166 e. The summed E-state index contributed by atoms with van der Waals surface area (Å²) in [5.41, 5.74) is 2.42. The Morgan fingerprint density at radius 2 is 2.28 bits per heavy atom. The van der Waals surface area contributed by atoms with Crippen LogP contribution in [0.3, 0.4) is 0 Å². The van der Waals surface area contributed by atoms with E-state index in [0.29, 0.717) is 18.4 Å². The molecule has 0 spiro atoms. The van der Waals surface area contributed by atoms with Crippen LogP contribution < -0.4 is 0 Å². The number of allylic oxidation sites excluding steroid dienone is 2. The Morgan fingerprint density at radius 3 is 2.78 bits per heavy atom. The van der Waals surface area contributed by atoms with E-state index in [0.717, 1.165) is 17.8 Å². The van der Waals surface area contributed by atoms with Gasteiger partial charge in [-0.1, -0.05) is 13.0 Å². The Hall–Kier alpha value is -1.71. The molecule has 1 aromatic heterocycles. The van der Waals surface area contributed by atoms with Gasteiger partial charge in [-0.25, -0.2) is 0 Å². The predicted octanol–water partition coefficient (Wildman–Crippen LogP) is 2.08. The monoisotopic (exact) mass is 246 g/mol. The average Bonchev–Trinajstić information content (AvgIpc) is 2.67. The summed E-state index contributed by atoms with van der Waals surface area (Å²) in [6.07, 6.45) is 3.35. The van der Waals surface area contributed by atoms with Crippen LogP contribution in [-0.2, 0) is 16.6 Å². The lowest BCUT2D eigenvalue weighted by atomic mass is 9.84. The molecule has 0 aliphatic heterocycles. The molecule has 0 bridgehead atoms. The summed E-state index contributed by atoms with van der Waals surface area (Å²) in [6.45, 7) is 3.73. The first-order valence-corrected chi connectivity index (χ1v) is 6.30. The minimum atomic E-state index is -0.0420. The van der Waals surface area contributed by atoms with Crippen LogP contribution in [0.4, 0.5) is 0 Å². The molecule has 1 atom stereocenters. The largest absolute Gasteiger partial charge is 0.294 e. The summed E-state index contributed by atoms with van der Waals surface area (Å²) in [4.78, 5) is 23.6. The van der Waals surface area contributed by atoms with Gasteiger partial charge < -0.3 is 0 Å². The Bertz CT molecular complexity index is 526. The summed E-state index contributed by atoms with van der Waals surface area (Å²) >= 11 is 0. The number of hydrogen-bond donors (Lipinski definition) is 0. The van der Waals surface area contributed by atoms with E-state index in [4.69, 9.17) is 0 Å². The summed E-state index contributed by atoms with van der Waals surface area (Å²) in [5.74, 6) is 0.0775. The molecule has 1 unspecified atom stereocenters. The van der Waals surface area contributed by atoms with Gasteiger partial charge in [0.05, 0.1) is 11.3 Å². The minimum Gasteiger partial charge on any atom is -0.294 e. The van der Waals surface area contributed by atoms with Crippen LogP contribution in [0.2, 0.25) is 0 Å². The maximum absolute atomic E-state index is 12.0. The third-order valence-electron chi connectivity index (χ3n) is 3.42. The van der Waals surface area contributed by atoms with E-state index < -0.39 is 0 Å². The summed E-state index contributed by atoms with van der Waals surface area (Å²) in [7, 11) is 1.89. The van der Waals surface area contributed by atoms with Gasteiger partial charge in [0.2, 0.25) is 0 Å². The Labute approximate surface area is 107 Å². The lowest BCUT2D eigenvalue weighted by molar-refractivity contribution is -0.121. The molecule has 0 saturated carbocycles. The van der Waals surface area contributed by atoms with Crippen molar-refractivity contribution in [2.24, 2.45) is 7.05 Å². The van der Waals surface area contributed by atoms with Gasteiger partial charge in [-0.2, -0.15) is 5.10 Å². The van der Waals surface area contributed by atoms with Crippen LogP contribution in [0.15, 0.2) is 17.7 Å². The molecule has 96 valence electrons. The highest BCUT2D eigenvalue weighted by Gasteiger charge is 2.27. The van der Waals surface area contributed by atoms with Crippen molar-refractivity contribution in [1.29, 1.82) is 0 Å². The van der Waals surface area contributed by atoms with Gasteiger partial charge in [-0.3, -0.25) is 14.3 Å². The van der Waals surface area contributed by atoms with E-state index in [-0.39, 0.29) is 17.5 Å². The molecule has 2 rings (SSSR count). The predicted molar refractivity (Wildman–Crippen MR) is 68.3 cm³/mol. The summed E-state index contributed by atoms with van der Waals surface area (Å²) in [6, 6.07) is 2.01. The molecule has 0 aromatic carbocycles. The molecule has 4 nitrogen and oxygen atoms in total. The molecule has 18 heavy (non-hydrogen) atoms. The average molecular weight is 246 g/mol. The summed E-state index contributed by atoms with van der Waals surface area (Å²) in [5, 5.41) is 4.30. The number of carbonyl (C=O) groups is 2. The van der Waals surface area contributed by atoms with Crippen LogP contribution in [0.25, 0.3) is 0 Å². The SMILES string of the molecule is CCC(=O)C1=CCC(c2cc(C)nn2C)CC1=O. The van der Waals surface area contributed by atoms with Gasteiger partial charge in [0.1, 0.15) is 0 Å². The van der Waals surface area contributed by atoms with E-state index in [9.17, 15) is 9.59 Å². The standard InChI is InChI=1S/C14H18N2O2/c1-4-13(17)11-6-5-10(8-14(11)18)12-7-9(2)15-16(12)3/h6-7,10H,4-5,8H2,1-3H3. The number of carbonyl (C=O) groups excluding carboxylic acids is 2. The number of ketones is 2. The minimum absolute atomic E-state index is 0.0306. The molecule has 0 fully saturated rings.